The number of pyridine rings is 1. The minimum atomic E-state index is -0.153. The van der Waals surface area contributed by atoms with Gasteiger partial charge < -0.3 is 14.8 Å². The predicted molar refractivity (Wildman–Crippen MR) is 88.2 cm³/mol. The van der Waals surface area contributed by atoms with Gasteiger partial charge in [-0.15, -0.1) is 0 Å². The number of nitrogens with zero attached hydrogens (tertiary/aromatic N) is 1. The van der Waals surface area contributed by atoms with Gasteiger partial charge in [0.05, 0.1) is 11.6 Å². The van der Waals surface area contributed by atoms with Crippen LogP contribution in [-0.4, -0.2) is 17.6 Å². The van der Waals surface area contributed by atoms with Crippen LogP contribution in [0.15, 0.2) is 47.8 Å². The maximum atomic E-state index is 12.7. The van der Waals surface area contributed by atoms with Crippen molar-refractivity contribution in [2.45, 2.75) is 25.2 Å². The molecule has 2 aromatic rings. The highest BCUT2D eigenvalue weighted by atomic mass is 16.7. The molecule has 120 valence electrons. The summed E-state index contributed by atoms with van der Waals surface area (Å²) in [6.45, 7) is 0.235. The molecule has 0 bridgehead atoms. The Morgan fingerprint density at radius 1 is 1.12 bits per heavy atom. The summed E-state index contributed by atoms with van der Waals surface area (Å²) in [6.07, 6.45) is 4.15. The molecule has 5 nitrogen and oxygen atoms in total. The van der Waals surface area contributed by atoms with Gasteiger partial charge in [0, 0.05) is 35.6 Å². The molecule has 1 N–H and O–H groups in total. The molecule has 5 rings (SSSR count). The van der Waals surface area contributed by atoms with Crippen molar-refractivity contribution in [2.75, 3.05) is 12.1 Å². The molecule has 0 saturated heterocycles. The number of ether oxygens (including phenoxy) is 2. The molecule has 1 aromatic carbocycles. The molecular weight excluding hydrogens is 304 g/mol. The van der Waals surface area contributed by atoms with Gasteiger partial charge in [0.25, 0.3) is 0 Å². The number of hydrogen-bond donors (Lipinski definition) is 1. The average Bonchev–Trinajstić information content (AvgIpc) is 3.06. The zero-order valence-electron chi connectivity index (χ0n) is 13.0. The average molecular weight is 320 g/mol. The fourth-order valence-corrected chi connectivity index (χ4v) is 3.81. The van der Waals surface area contributed by atoms with Crippen LogP contribution in [0.25, 0.3) is 0 Å². The van der Waals surface area contributed by atoms with Crippen LogP contribution < -0.4 is 14.8 Å². The smallest absolute Gasteiger partial charge is 0.231 e. The van der Waals surface area contributed by atoms with E-state index in [1.165, 1.54) is 0 Å². The number of aromatic nitrogens is 1. The largest absolute Gasteiger partial charge is 0.454 e. The maximum absolute atomic E-state index is 12.7. The highest BCUT2D eigenvalue weighted by Crippen LogP contribution is 2.48. The minimum Gasteiger partial charge on any atom is -0.454 e. The fraction of sp³-hybridized carbons (Fsp3) is 0.263. The number of nitrogens with one attached hydrogen (secondary N) is 1. The van der Waals surface area contributed by atoms with Crippen molar-refractivity contribution in [3.8, 4) is 11.5 Å². The topological polar surface area (TPSA) is 60.5 Å². The van der Waals surface area contributed by atoms with Gasteiger partial charge in [-0.3, -0.25) is 9.78 Å². The number of fused-ring (bicyclic) bond motifs is 2. The van der Waals surface area contributed by atoms with E-state index in [-0.39, 0.29) is 18.5 Å². The molecule has 1 atom stereocenters. The Bertz CT molecular complexity index is 874. The highest BCUT2D eigenvalue weighted by molar-refractivity contribution is 6.01. The van der Waals surface area contributed by atoms with Crippen LogP contribution in [0.3, 0.4) is 0 Å². The lowest BCUT2D eigenvalue weighted by molar-refractivity contribution is -0.116. The number of carbonyl (C=O) groups is 1. The monoisotopic (exact) mass is 320 g/mol. The second kappa shape index (κ2) is 5.09. The van der Waals surface area contributed by atoms with Crippen LogP contribution in [0, 0.1) is 0 Å². The standard InChI is InChI=1S/C19H16N2O3/c22-15-6-3-5-13-19(15)18(12-4-1-2-7-20-12)11-8-16-17(24-10-23-16)9-14(11)21-13/h1-2,4,7-9,18,21H,3,5-6,10H2/t18-/m1/s1. The normalized spacial score (nSPS) is 21.2. The second-order valence-electron chi connectivity index (χ2n) is 6.27. The van der Waals surface area contributed by atoms with Gasteiger partial charge in [0.2, 0.25) is 6.79 Å². The molecule has 0 radical (unpaired) electrons. The number of rotatable bonds is 1. The summed E-state index contributed by atoms with van der Waals surface area (Å²) < 4.78 is 11.0. The van der Waals surface area contributed by atoms with E-state index in [1.54, 1.807) is 6.20 Å². The Morgan fingerprint density at radius 3 is 2.83 bits per heavy atom. The number of allylic oxidation sites excluding steroid dienone is 2. The summed E-state index contributed by atoms with van der Waals surface area (Å²) in [6, 6.07) is 9.79. The van der Waals surface area contributed by atoms with E-state index in [1.807, 2.05) is 30.3 Å². The predicted octanol–water partition coefficient (Wildman–Crippen LogP) is 3.37. The minimum absolute atomic E-state index is 0.153. The maximum Gasteiger partial charge on any atom is 0.231 e. The summed E-state index contributed by atoms with van der Waals surface area (Å²) in [5, 5.41) is 3.45. The quantitative estimate of drug-likeness (QED) is 0.873. The van der Waals surface area contributed by atoms with Crippen molar-refractivity contribution in [1.82, 2.24) is 4.98 Å². The second-order valence-corrected chi connectivity index (χ2v) is 6.27. The molecule has 0 unspecified atom stereocenters. The van der Waals surface area contributed by atoms with Crippen molar-refractivity contribution in [2.24, 2.45) is 0 Å². The van der Waals surface area contributed by atoms with Crippen LogP contribution in [0.4, 0.5) is 5.69 Å². The van der Waals surface area contributed by atoms with Crippen molar-refractivity contribution >= 4 is 11.5 Å². The van der Waals surface area contributed by atoms with E-state index < -0.39 is 0 Å². The molecule has 0 saturated carbocycles. The van der Waals surface area contributed by atoms with E-state index in [9.17, 15) is 4.79 Å². The summed E-state index contributed by atoms with van der Waals surface area (Å²) in [7, 11) is 0. The number of anilines is 1. The lowest BCUT2D eigenvalue weighted by Crippen LogP contribution is -2.27. The van der Waals surface area contributed by atoms with E-state index in [2.05, 4.69) is 10.3 Å². The Hall–Kier alpha value is -2.82. The first kappa shape index (κ1) is 13.6. The van der Waals surface area contributed by atoms with Gasteiger partial charge in [0.15, 0.2) is 17.3 Å². The number of benzene rings is 1. The lowest BCUT2D eigenvalue weighted by atomic mass is 9.77. The highest BCUT2D eigenvalue weighted by Gasteiger charge is 2.37. The van der Waals surface area contributed by atoms with Gasteiger partial charge in [0.1, 0.15) is 0 Å². The van der Waals surface area contributed by atoms with Crippen molar-refractivity contribution in [3.63, 3.8) is 0 Å². The summed E-state index contributed by atoms with van der Waals surface area (Å²) in [5.41, 5.74) is 4.76. The van der Waals surface area contributed by atoms with Crippen LogP contribution in [0.2, 0.25) is 0 Å². The Kier molecular flexibility index (Phi) is 2.89. The molecule has 5 heteroatoms. The first-order valence-corrected chi connectivity index (χ1v) is 8.19. The van der Waals surface area contributed by atoms with Crippen LogP contribution in [0.1, 0.15) is 36.4 Å². The summed E-state index contributed by atoms with van der Waals surface area (Å²) >= 11 is 0. The summed E-state index contributed by atoms with van der Waals surface area (Å²) in [4.78, 5) is 17.2. The molecule has 0 fully saturated rings. The SMILES string of the molecule is O=C1CCCC2=C1[C@@H](c1ccccn1)c1cc3c(cc1N2)OCO3. The molecule has 0 amide bonds. The molecule has 3 aliphatic rings. The van der Waals surface area contributed by atoms with Crippen molar-refractivity contribution in [1.29, 1.82) is 0 Å². The van der Waals surface area contributed by atoms with E-state index in [0.29, 0.717) is 6.42 Å². The molecular formula is C19H16N2O3. The van der Waals surface area contributed by atoms with E-state index in [0.717, 1.165) is 52.6 Å². The molecule has 1 aliphatic carbocycles. The van der Waals surface area contributed by atoms with E-state index in [4.69, 9.17) is 9.47 Å². The number of hydrogen-bond acceptors (Lipinski definition) is 5. The molecule has 2 aliphatic heterocycles. The van der Waals surface area contributed by atoms with Crippen LogP contribution >= 0.6 is 0 Å². The van der Waals surface area contributed by atoms with E-state index >= 15 is 0 Å². The van der Waals surface area contributed by atoms with Gasteiger partial charge in [-0.1, -0.05) is 6.07 Å². The summed E-state index contributed by atoms with van der Waals surface area (Å²) in [5.74, 6) is 1.53. The third-order valence-corrected chi connectivity index (χ3v) is 4.87. The Labute approximate surface area is 139 Å². The zero-order valence-corrected chi connectivity index (χ0v) is 13.0. The molecule has 0 spiro atoms. The van der Waals surface area contributed by atoms with Crippen LogP contribution in [-0.2, 0) is 4.79 Å². The first-order valence-electron chi connectivity index (χ1n) is 8.19. The van der Waals surface area contributed by atoms with Crippen LogP contribution in [0.5, 0.6) is 11.5 Å². The number of Topliss-reactive ketones (excluding diaryl/α,β-unsaturated/α-hetero) is 1. The zero-order chi connectivity index (χ0) is 16.1. The van der Waals surface area contributed by atoms with Gasteiger partial charge >= 0.3 is 0 Å². The molecule has 1 aromatic heterocycles. The lowest BCUT2D eigenvalue weighted by Gasteiger charge is -2.33. The van der Waals surface area contributed by atoms with Crippen molar-refractivity contribution in [3.05, 3.63) is 59.1 Å². The number of ketones is 1. The number of carbonyl (C=O) groups excluding carboxylic acids is 1. The molecule has 3 heterocycles. The third kappa shape index (κ3) is 1.94. The molecule has 24 heavy (non-hydrogen) atoms. The fourth-order valence-electron chi connectivity index (χ4n) is 3.81. The first-order chi connectivity index (χ1) is 11.8. The Morgan fingerprint density at radius 2 is 2.00 bits per heavy atom. The van der Waals surface area contributed by atoms with Crippen molar-refractivity contribution < 1.29 is 14.3 Å². The Balaban J connectivity index is 1.74. The third-order valence-electron chi connectivity index (χ3n) is 4.87. The van der Waals surface area contributed by atoms with Gasteiger partial charge in [-0.2, -0.15) is 0 Å². The van der Waals surface area contributed by atoms with Gasteiger partial charge in [-0.25, -0.2) is 0 Å². The van der Waals surface area contributed by atoms with Gasteiger partial charge in [-0.05, 0) is 36.6 Å².